The summed E-state index contributed by atoms with van der Waals surface area (Å²) >= 11 is 2.97. The summed E-state index contributed by atoms with van der Waals surface area (Å²) in [5.41, 5.74) is 0. The van der Waals surface area contributed by atoms with Gasteiger partial charge in [0.15, 0.2) is 0 Å². The smallest absolute Gasteiger partial charge is 0.241 e. The Morgan fingerprint density at radius 1 is 1.59 bits per heavy atom. The van der Waals surface area contributed by atoms with Crippen molar-refractivity contribution in [1.29, 1.82) is 0 Å². The minimum atomic E-state index is -3.48. The van der Waals surface area contributed by atoms with E-state index in [-0.39, 0.29) is 16.2 Å². The predicted octanol–water partition coefficient (Wildman–Crippen LogP) is 1.41. The van der Waals surface area contributed by atoms with Crippen LogP contribution < -0.4 is 4.72 Å². The van der Waals surface area contributed by atoms with Crippen molar-refractivity contribution in [3.63, 3.8) is 0 Å². The molecular weight excluding hydrogens is 278 g/mol. The third-order valence-corrected chi connectivity index (χ3v) is 6.90. The maximum absolute atomic E-state index is 12.0. The molecule has 0 aromatic carbocycles. The maximum Gasteiger partial charge on any atom is 0.241 e. The Morgan fingerprint density at radius 3 is 2.82 bits per heavy atom. The molecule has 0 radical (unpaired) electrons. The number of sulfonamides is 1. The monoisotopic (exact) mass is 293 g/mol. The van der Waals surface area contributed by atoms with Crippen molar-refractivity contribution in [2.24, 2.45) is 0 Å². The molecule has 1 aliphatic carbocycles. The highest BCUT2D eigenvalue weighted by Gasteiger charge is 2.42. The van der Waals surface area contributed by atoms with Crippen LogP contribution in [0.25, 0.3) is 0 Å². The number of rotatable bonds is 6. The Kier molecular flexibility index (Phi) is 3.84. The average molecular weight is 293 g/mol. The lowest BCUT2D eigenvalue weighted by Gasteiger charge is -2.13. The summed E-state index contributed by atoms with van der Waals surface area (Å²) in [5, 5.41) is 10.8. The van der Waals surface area contributed by atoms with E-state index in [0.717, 1.165) is 12.8 Å². The molecule has 2 N–H and O–H groups in total. The van der Waals surface area contributed by atoms with E-state index in [1.54, 1.807) is 17.1 Å². The van der Waals surface area contributed by atoms with Gasteiger partial charge in [-0.1, -0.05) is 0 Å². The predicted molar refractivity (Wildman–Crippen MR) is 70.9 cm³/mol. The first-order valence-corrected chi connectivity index (χ1v) is 8.84. The van der Waals surface area contributed by atoms with Gasteiger partial charge in [-0.25, -0.2) is 13.1 Å². The van der Waals surface area contributed by atoms with Crippen molar-refractivity contribution in [2.75, 3.05) is 12.8 Å². The second-order valence-electron chi connectivity index (χ2n) is 4.08. The van der Waals surface area contributed by atoms with Crippen LogP contribution in [0.2, 0.25) is 0 Å². The van der Waals surface area contributed by atoms with Gasteiger partial charge < -0.3 is 5.11 Å². The van der Waals surface area contributed by atoms with Crippen LogP contribution in [0, 0.1) is 0 Å². The standard InChI is InChI=1S/C10H15NO3S3/c1-15-10(3-4-10)7-11-17(13,14)9-2-5-16-8(9)6-12/h2,5,11-12H,3-4,6-7H2,1H3. The lowest BCUT2D eigenvalue weighted by molar-refractivity contribution is 0.282. The van der Waals surface area contributed by atoms with Crippen molar-refractivity contribution >= 4 is 33.1 Å². The molecule has 7 heteroatoms. The second-order valence-corrected chi connectivity index (χ2v) is 8.09. The summed E-state index contributed by atoms with van der Waals surface area (Å²) in [4.78, 5) is 0.702. The SMILES string of the molecule is CSC1(CNS(=O)(=O)c2ccsc2CO)CC1. The molecule has 0 amide bonds. The van der Waals surface area contributed by atoms with Gasteiger partial charge in [-0.3, -0.25) is 0 Å². The van der Waals surface area contributed by atoms with E-state index in [1.165, 1.54) is 17.4 Å². The van der Waals surface area contributed by atoms with Crippen LogP contribution in [0.4, 0.5) is 0 Å². The van der Waals surface area contributed by atoms with Crippen molar-refractivity contribution in [3.8, 4) is 0 Å². The molecule has 0 bridgehead atoms. The Hall–Kier alpha value is -0.0800. The zero-order valence-electron chi connectivity index (χ0n) is 9.47. The maximum atomic E-state index is 12.0. The number of hydrogen-bond donors (Lipinski definition) is 2. The summed E-state index contributed by atoms with van der Waals surface area (Å²) in [5.74, 6) is 0. The number of hydrogen-bond acceptors (Lipinski definition) is 5. The molecule has 0 saturated heterocycles. The quantitative estimate of drug-likeness (QED) is 0.832. The third kappa shape index (κ3) is 2.85. The van der Waals surface area contributed by atoms with Gasteiger partial charge in [0.05, 0.1) is 11.5 Å². The summed E-state index contributed by atoms with van der Waals surface area (Å²) in [6, 6.07) is 1.54. The molecule has 17 heavy (non-hydrogen) atoms. The Bertz CT molecular complexity index is 491. The Labute approximate surface area is 109 Å². The van der Waals surface area contributed by atoms with Gasteiger partial charge in [0, 0.05) is 16.2 Å². The highest BCUT2D eigenvalue weighted by atomic mass is 32.2. The molecule has 1 aromatic heterocycles. The topological polar surface area (TPSA) is 66.4 Å². The molecule has 1 saturated carbocycles. The van der Waals surface area contributed by atoms with E-state index in [1.807, 2.05) is 6.26 Å². The summed E-state index contributed by atoms with van der Waals surface area (Å²) < 4.78 is 26.8. The fourth-order valence-corrected chi connectivity index (χ4v) is 4.82. The Morgan fingerprint density at radius 2 is 2.29 bits per heavy atom. The van der Waals surface area contributed by atoms with Crippen molar-refractivity contribution in [1.82, 2.24) is 4.72 Å². The van der Waals surface area contributed by atoms with Gasteiger partial charge >= 0.3 is 0 Å². The summed E-state index contributed by atoms with van der Waals surface area (Å²) in [6.07, 6.45) is 4.13. The van der Waals surface area contributed by atoms with Crippen LogP contribution in [-0.2, 0) is 16.6 Å². The fraction of sp³-hybridized carbons (Fsp3) is 0.600. The van der Waals surface area contributed by atoms with Crippen LogP contribution >= 0.6 is 23.1 Å². The minimum absolute atomic E-state index is 0.0997. The third-order valence-electron chi connectivity index (χ3n) is 2.96. The van der Waals surface area contributed by atoms with Crippen molar-refractivity contribution in [3.05, 3.63) is 16.3 Å². The molecule has 1 heterocycles. The van der Waals surface area contributed by atoms with E-state index >= 15 is 0 Å². The van der Waals surface area contributed by atoms with Crippen LogP contribution in [0.1, 0.15) is 17.7 Å². The van der Waals surface area contributed by atoms with Gasteiger partial charge in [-0.15, -0.1) is 11.3 Å². The highest BCUT2D eigenvalue weighted by molar-refractivity contribution is 8.00. The zero-order valence-corrected chi connectivity index (χ0v) is 11.9. The lowest BCUT2D eigenvalue weighted by Crippen LogP contribution is -2.32. The van der Waals surface area contributed by atoms with Gasteiger partial charge in [0.25, 0.3) is 0 Å². The van der Waals surface area contributed by atoms with Crippen LogP contribution in [0.3, 0.4) is 0 Å². The summed E-state index contributed by atoms with van der Waals surface area (Å²) in [6.45, 7) is 0.235. The van der Waals surface area contributed by atoms with E-state index in [4.69, 9.17) is 5.11 Å². The number of thioether (sulfide) groups is 1. The first-order valence-electron chi connectivity index (χ1n) is 5.25. The highest BCUT2D eigenvalue weighted by Crippen LogP contribution is 2.46. The van der Waals surface area contributed by atoms with Crippen LogP contribution in [0.5, 0.6) is 0 Å². The van der Waals surface area contributed by atoms with Gasteiger partial charge in [-0.2, -0.15) is 11.8 Å². The van der Waals surface area contributed by atoms with E-state index in [9.17, 15) is 8.42 Å². The molecule has 1 aromatic rings. The molecule has 0 aliphatic heterocycles. The molecule has 96 valence electrons. The number of aliphatic hydroxyl groups is 1. The number of nitrogens with one attached hydrogen (secondary N) is 1. The molecule has 1 aliphatic rings. The zero-order chi connectivity index (χ0) is 12.5. The molecule has 0 unspecified atom stereocenters. The Balaban J connectivity index is 2.09. The largest absolute Gasteiger partial charge is 0.391 e. The second kappa shape index (κ2) is 4.89. The first-order chi connectivity index (χ1) is 8.03. The van der Waals surface area contributed by atoms with Gasteiger partial charge in [-0.05, 0) is 30.5 Å². The minimum Gasteiger partial charge on any atom is -0.391 e. The van der Waals surface area contributed by atoms with Crippen LogP contribution in [-0.4, -0.2) is 31.1 Å². The van der Waals surface area contributed by atoms with Crippen molar-refractivity contribution < 1.29 is 13.5 Å². The molecule has 0 spiro atoms. The first kappa shape index (κ1) is 13.4. The normalized spacial score (nSPS) is 18.2. The number of thiophene rings is 1. The summed E-state index contributed by atoms with van der Waals surface area (Å²) in [7, 11) is -3.48. The van der Waals surface area contributed by atoms with E-state index in [0.29, 0.717) is 11.4 Å². The van der Waals surface area contributed by atoms with Gasteiger partial charge in [0.1, 0.15) is 0 Å². The lowest BCUT2D eigenvalue weighted by atomic mass is 10.4. The molecule has 1 fully saturated rings. The molecule has 0 atom stereocenters. The van der Waals surface area contributed by atoms with E-state index < -0.39 is 10.0 Å². The van der Waals surface area contributed by atoms with Crippen molar-refractivity contribution in [2.45, 2.75) is 29.1 Å². The fourth-order valence-electron chi connectivity index (χ4n) is 1.58. The number of aliphatic hydroxyl groups excluding tert-OH is 1. The molecular formula is C10H15NO3S3. The molecule has 2 rings (SSSR count). The van der Waals surface area contributed by atoms with Crippen LogP contribution in [0.15, 0.2) is 16.3 Å². The average Bonchev–Trinajstić information content (AvgIpc) is 2.93. The van der Waals surface area contributed by atoms with E-state index in [2.05, 4.69) is 4.72 Å². The molecule has 4 nitrogen and oxygen atoms in total. The van der Waals surface area contributed by atoms with Gasteiger partial charge in [0.2, 0.25) is 10.0 Å².